The number of hydrogen-bond acceptors (Lipinski definition) is 1. The molecule has 0 rings (SSSR count). The monoisotopic (exact) mass is 77.0 g/mol. The second-order valence-electron chi connectivity index (χ2n) is 0.105. The average molecular weight is 77.0 g/mol. The maximum atomic E-state index is 8.57. The third-order valence-electron chi connectivity index (χ3n) is 0. The van der Waals surface area contributed by atoms with Crippen LogP contribution < -0.4 is 0 Å². The molecule has 4 heteroatoms. The van der Waals surface area contributed by atoms with Crippen molar-refractivity contribution in [2.24, 2.45) is 0 Å². The fourth-order valence-electron chi connectivity index (χ4n) is 0. The summed E-state index contributed by atoms with van der Waals surface area (Å²) in [4.78, 5) is 7.10. The predicted molar refractivity (Wildman–Crippen MR) is 21.2 cm³/mol. The van der Waals surface area contributed by atoms with Crippen LogP contribution in [0.3, 0.4) is 0 Å². The van der Waals surface area contributed by atoms with Crippen molar-refractivity contribution in [1.82, 2.24) is 0 Å². The van der Waals surface area contributed by atoms with Crippen LogP contribution in [0.15, 0.2) is 0 Å². The summed E-state index contributed by atoms with van der Waals surface area (Å²) in [6.45, 7) is 0. The molecule has 1 N–H and O–H groups in total. The first-order valence-electron chi connectivity index (χ1n) is 0.494. The molecule has 0 aliphatic carbocycles. The normalized spacial score (nSPS) is 7.25. The van der Waals surface area contributed by atoms with E-state index in [1.54, 1.807) is 0 Å². The van der Waals surface area contributed by atoms with Crippen molar-refractivity contribution in [3.8, 4) is 0 Å². The van der Waals surface area contributed by atoms with Gasteiger partial charge in [-0.25, -0.2) is 0 Å². The van der Waals surface area contributed by atoms with E-state index in [1.807, 2.05) is 0 Å². The Labute approximate surface area is 29.3 Å². The molecule has 0 spiro atoms. The van der Waals surface area contributed by atoms with Crippen molar-refractivity contribution in [3.63, 3.8) is 0 Å². The third kappa shape index (κ3) is 33.8. The first kappa shape index (κ1) is 8.84. The standard InChI is InChI=1S/Be.H3O2P.2H/c;1-3-2;;/h;3H2,(H,1,2);;. The minimum atomic E-state index is -1.50. The van der Waals surface area contributed by atoms with Crippen LogP contribution in [-0.4, -0.2) is 15.0 Å². The van der Waals surface area contributed by atoms with Gasteiger partial charge >= 0.3 is 10.1 Å². The summed E-state index contributed by atoms with van der Waals surface area (Å²) in [7, 11) is -1.50. The van der Waals surface area contributed by atoms with E-state index in [9.17, 15) is 0 Å². The zero-order valence-electron chi connectivity index (χ0n) is 1.43. The van der Waals surface area contributed by atoms with Crippen LogP contribution in [0.2, 0.25) is 0 Å². The molecule has 0 fully saturated rings. The van der Waals surface area contributed by atoms with Gasteiger partial charge in [0.05, 0.1) is 0 Å². The summed E-state index contributed by atoms with van der Waals surface area (Å²) in [5.74, 6) is 0. The molecule has 0 aliphatic heterocycles. The van der Waals surface area contributed by atoms with E-state index in [0.717, 1.165) is 0 Å². The van der Waals surface area contributed by atoms with E-state index < -0.39 is 8.69 Å². The van der Waals surface area contributed by atoms with E-state index >= 15 is 0 Å². The van der Waals surface area contributed by atoms with Gasteiger partial charge in [0.15, 0.2) is 8.69 Å². The van der Waals surface area contributed by atoms with Crippen LogP contribution in [0, 0.1) is 0 Å². The van der Waals surface area contributed by atoms with E-state index in [-0.39, 0.29) is 10.1 Å². The van der Waals surface area contributed by atoms with Gasteiger partial charge in [0.1, 0.15) is 0 Å². The predicted octanol–water partition coefficient (Wildman–Crippen LogP) is -1.27. The molecule has 0 bridgehead atoms. The van der Waals surface area contributed by atoms with Crippen LogP contribution in [0.4, 0.5) is 0 Å². The molecule has 0 aliphatic rings. The third-order valence-corrected chi connectivity index (χ3v) is 0. The van der Waals surface area contributed by atoms with Crippen molar-refractivity contribution in [2.75, 3.05) is 0 Å². The average Bonchev–Trinajstić information content (AvgIpc) is 0.918. The summed E-state index contributed by atoms with van der Waals surface area (Å²) >= 11 is 0. The molecule has 0 saturated heterocycles. The Morgan fingerprint density at radius 3 is 1.75 bits per heavy atom. The molecule has 0 heterocycles. The fourth-order valence-corrected chi connectivity index (χ4v) is 0. The summed E-state index contributed by atoms with van der Waals surface area (Å²) in [5.41, 5.74) is 0. The molecule has 0 aromatic heterocycles. The van der Waals surface area contributed by atoms with Gasteiger partial charge in [-0.3, -0.25) is 4.57 Å². The second-order valence-corrected chi connectivity index (χ2v) is 0.316. The summed E-state index contributed by atoms with van der Waals surface area (Å²) < 4.78 is 8.57. The molecule has 0 radical (unpaired) electrons. The van der Waals surface area contributed by atoms with Gasteiger partial charge in [-0.15, -0.1) is 0 Å². The van der Waals surface area contributed by atoms with Crippen LogP contribution in [0.1, 0.15) is 0 Å². The number of hydrogen-bond donors (Lipinski definition) is 1. The topological polar surface area (TPSA) is 37.3 Å². The molecule has 0 saturated carbocycles. The molecule has 24 valence electrons. The Bertz CT molecular complexity index is 13.5. The van der Waals surface area contributed by atoms with Gasteiger partial charge in [-0.2, -0.15) is 0 Å². The molecule has 4 heavy (non-hydrogen) atoms. The van der Waals surface area contributed by atoms with E-state index in [1.165, 1.54) is 0 Å². The second kappa shape index (κ2) is 10.1. The molecule has 2 nitrogen and oxygen atoms in total. The molecule has 0 aromatic carbocycles. The Morgan fingerprint density at radius 1 is 1.75 bits per heavy atom. The van der Waals surface area contributed by atoms with Crippen molar-refractivity contribution >= 4 is 18.8 Å². The van der Waals surface area contributed by atoms with Crippen molar-refractivity contribution in [3.05, 3.63) is 0 Å². The van der Waals surface area contributed by atoms with Crippen molar-refractivity contribution < 1.29 is 9.46 Å². The first-order valence-corrected chi connectivity index (χ1v) is 1.48. The molecular formula is H5BeO2P. The minimum absolute atomic E-state index is 0. The Morgan fingerprint density at radius 2 is 1.75 bits per heavy atom. The SMILES string of the molecule is O=[PH2]O.[BeH2]. The molecule has 1 atom stereocenters. The quantitative estimate of drug-likeness (QED) is 0.289. The van der Waals surface area contributed by atoms with E-state index in [0.29, 0.717) is 0 Å². The maximum absolute atomic E-state index is 8.57. The zero-order valence-corrected chi connectivity index (χ0v) is 2.59. The van der Waals surface area contributed by atoms with Crippen LogP contribution in [0.25, 0.3) is 0 Å². The van der Waals surface area contributed by atoms with Crippen LogP contribution in [0.5, 0.6) is 0 Å². The van der Waals surface area contributed by atoms with Crippen molar-refractivity contribution in [1.29, 1.82) is 0 Å². The fraction of sp³-hybridized carbons (Fsp3) is 0. The Kier molecular flexibility index (Phi) is 22.4. The van der Waals surface area contributed by atoms with Gasteiger partial charge in [-0.05, 0) is 0 Å². The van der Waals surface area contributed by atoms with Gasteiger partial charge < -0.3 is 4.89 Å². The summed E-state index contributed by atoms with van der Waals surface area (Å²) in [6.07, 6.45) is 0. The van der Waals surface area contributed by atoms with E-state index in [4.69, 9.17) is 9.46 Å². The Balaban J connectivity index is 0. The van der Waals surface area contributed by atoms with Crippen LogP contribution in [-0.2, 0) is 4.57 Å². The molecule has 1 unspecified atom stereocenters. The Hall–Kier alpha value is 0.359. The summed E-state index contributed by atoms with van der Waals surface area (Å²) in [6, 6.07) is 0. The summed E-state index contributed by atoms with van der Waals surface area (Å²) in [5, 5.41) is 0. The van der Waals surface area contributed by atoms with Gasteiger partial charge in [-0.1, -0.05) is 0 Å². The first-order chi connectivity index (χ1) is 1.41. The van der Waals surface area contributed by atoms with Crippen molar-refractivity contribution in [2.45, 2.75) is 0 Å². The molecule has 0 amide bonds. The van der Waals surface area contributed by atoms with Gasteiger partial charge in [0.2, 0.25) is 0 Å². The van der Waals surface area contributed by atoms with Gasteiger partial charge in [0.25, 0.3) is 0 Å². The van der Waals surface area contributed by atoms with Crippen LogP contribution >= 0.6 is 8.69 Å². The zero-order chi connectivity index (χ0) is 2.71. The van der Waals surface area contributed by atoms with E-state index in [2.05, 4.69) is 0 Å². The van der Waals surface area contributed by atoms with Gasteiger partial charge in [0, 0.05) is 0 Å². The molecule has 0 aromatic rings. The molecular weight excluding hydrogens is 72.0 g/mol. The number of rotatable bonds is 0.